The molecule has 0 spiro atoms. The molecule has 5 amide bonds. The van der Waals surface area contributed by atoms with Gasteiger partial charge in [0, 0.05) is 33.6 Å². The van der Waals surface area contributed by atoms with Crippen LogP contribution in [-0.4, -0.2) is 108 Å². The molecule has 0 bridgehead atoms. The standard InChI is InChI=1S/C33H49N5O7/c1-8-21(4)27-32(43)37(7)28(20(2)3)33(44)36(6)22(5)29(40)34-17-16-26(39)45-25(19-23-13-10-9-11-14-23)31(42)38-18-12-15-24(38)30(41)35-27/h9-11,13-14,20-22,24-25,27-28H,8,12,15-19H2,1-7H3,(H,34,40)(H,35,41)/t21-,22-,24-,25?,27+,28-/m0/s1. The Bertz CT molecular complexity index is 1240. The van der Waals surface area contributed by atoms with E-state index in [-0.39, 0.29) is 31.2 Å². The van der Waals surface area contributed by atoms with Crippen LogP contribution in [0.15, 0.2) is 30.3 Å². The lowest BCUT2D eigenvalue weighted by molar-refractivity contribution is -0.161. The van der Waals surface area contributed by atoms with Crippen LogP contribution in [0.1, 0.15) is 65.9 Å². The van der Waals surface area contributed by atoms with E-state index in [0.29, 0.717) is 25.8 Å². The van der Waals surface area contributed by atoms with E-state index in [2.05, 4.69) is 10.6 Å². The highest BCUT2D eigenvalue weighted by atomic mass is 16.5. The van der Waals surface area contributed by atoms with Crippen molar-refractivity contribution in [2.45, 2.75) is 97.0 Å². The first-order valence-electron chi connectivity index (χ1n) is 15.9. The molecule has 0 aromatic heterocycles. The minimum atomic E-state index is -1.18. The Balaban J connectivity index is 2.02. The molecule has 2 saturated heterocycles. The van der Waals surface area contributed by atoms with Gasteiger partial charge in [-0.05, 0) is 37.2 Å². The number of amides is 5. The van der Waals surface area contributed by atoms with Gasteiger partial charge in [-0.3, -0.25) is 28.8 Å². The molecule has 45 heavy (non-hydrogen) atoms. The fourth-order valence-electron chi connectivity index (χ4n) is 5.91. The summed E-state index contributed by atoms with van der Waals surface area (Å²) < 4.78 is 5.69. The summed E-state index contributed by atoms with van der Waals surface area (Å²) in [4.78, 5) is 85.5. The summed E-state index contributed by atoms with van der Waals surface area (Å²) in [7, 11) is 3.04. The molecule has 1 aromatic carbocycles. The number of ether oxygens (including phenoxy) is 1. The Labute approximate surface area is 266 Å². The van der Waals surface area contributed by atoms with Gasteiger partial charge in [0.1, 0.15) is 24.2 Å². The van der Waals surface area contributed by atoms with Gasteiger partial charge in [-0.15, -0.1) is 0 Å². The van der Waals surface area contributed by atoms with Gasteiger partial charge >= 0.3 is 5.97 Å². The van der Waals surface area contributed by atoms with Crippen molar-refractivity contribution in [3.05, 3.63) is 35.9 Å². The molecule has 2 fully saturated rings. The lowest BCUT2D eigenvalue weighted by Gasteiger charge is -2.38. The van der Waals surface area contributed by atoms with Crippen LogP contribution in [0.2, 0.25) is 0 Å². The highest BCUT2D eigenvalue weighted by Gasteiger charge is 2.42. The summed E-state index contributed by atoms with van der Waals surface area (Å²) >= 11 is 0. The quantitative estimate of drug-likeness (QED) is 0.471. The first-order valence-corrected chi connectivity index (χ1v) is 15.9. The second-order valence-corrected chi connectivity index (χ2v) is 12.5. The summed E-state index contributed by atoms with van der Waals surface area (Å²) in [6.45, 7) is 9.19. The van der Waals surface area contributed by atoms with Crippen LogP contribution in [-0.2, 0) is 39.9 Å². The molecule has 12 heteroatoms. The van der Waals surface area contributed by atoms with Gasteiger partial charge in [0.2, 0.25) is 23.6 Å². The van der Waals surface area contributed by atoms with E-state index in [9.17, 15) is 28.8 Å². The molecule has 0 radical (unpaired) electrons. The van der Waals surface area contributed by atoms with Gasteiger partial charge in [0.05, 0.1) is 6.42 Å². The van der Waals surface area contributed by atoms with Gasteiger partial charge in [-0.25, -0.2) is 0 Å². The van der Waals surface area contributed by atoms with Crippen LogP contribution in [0.5, 0.6) is 0 Å². The topological polar surface area (TPSA) is 145 Å². The van der Waals surface area contributed by atoms with Crippen molar-refractivity contribution in [1.82, 2.24) is 25.3 Å². The molecule has 6 atom stereocenters. The van der Waals surface area contributed by atoms with Gasteiger partial charge in [-0.1, -0.05) is 64.4 Å². The van der Waals surface area contributed by atoms with E-state index >= 15 is 0 Å². The maximum absolute atomic E-state index is 14.0. The minimum Gasteiger partial charge on any atom is -0.452 e. The number of hydrogen-bond acceptors (Lipinski definition) is 7. The second-order valence-electron chi connectivity index (χ2n) is 12.5. The van der Waals surface area contributed by atoms with Gasteiger partial charge < -0.3 is 30.1 Å². The third kappa shape index (κ3) is 8.61. The molecule has 2 heterocycles. The second kappa shape index (κ2) is 15.9. The number of fused-ring (bicyclic) bond motifs is 1. The van der Waals surface area contributed by atoms with Crippen LogP contribution in [0, 0.1) is 11.8 Å². The maximum Gasteiger partial charge on any atom is 0.308 e. The fourth-order valence-corrected chi connectivity index (χ4v) is 5.91. The highest BCUT2D eigenvalue weighted by Crippen LogP contribution is 2.23. The smallest absolute Gasteiger partial charge is 0.308 e. The molecule has 0 saturated carbocycles. The zero-order chi connectivity index (χ0) is 33.4. The number of carbonyl (C=O) groups is 6. The average Bonchev–Trinajstić information content (AvgIpc) is 3.51. The van der Waals surface area contributed by atoms with E-state index in [1.165, 1.54) is 28.8 Å². The predicted molar refractivity (Wildman–Crippen MR) is 167 cm³/mol. The molecule has 0 aliphatic carbocycles. The third-order valence-corrected chi connectivity index (χ3v) is 9.01. The summed E-state index contributed by atoms with van der Waals surface area (Å²) in [6, 6.07) is 5.53. The Morgan fingerprint density at radius 1 is 0.911 bits per heavy atom. The van der Waals surface area contributed by atoms with E-state index in [1.54, 1.807) is 6.92 Å². The van der Waals surface area contributed by atoms with Gasteiger partial charge in [-0.2, -0.15) is 0 Å². The van der Waals surface area contributed by atoms with Crippen LogP contribution in [0.3, 0.4) is 0 Å². The summed E-state index contributed by atoms with van der Waals surface area (Å²) in [5.74, 6) is -3.55. The average molecular weight is 628 g/mol. The Kier molecular flexibility index (Phi) is 12.5. The number of hydrogen-bond donors (Lipinski definition) is 2. The summed E-state index contributed by atoms with van der Waals surface area (Å²) in [5, 5.41) is 5.58. The normalized spacial score (nSPS) is 27.3. The van der Waals surface area contributed by atoms with E-state index in [0.717, 1.165) is 5.56 Å². The molecule has 2 N–H and O–H groups in total. The number of cyclic esters (lactones) is 1. The zero-order valence-electron chi connectivity index (χ0n) is 27.6. The van der Waals surface area contributed by atoms with Crippen molar-refractivity contribution in [2.75, 3.05) is 27.2 Å². The fraction of sp³-hybridized carbons (Fsp3) is 0.636. The SMILES string of the molecule is CC[C@H](C)[C@H]1NC(=O)[C@@H]2CCCN2C(=O)C(Cc2ccccc2)OC(=O)CCNC(=O)[C@H](C)N(C)C(=O)[C@H](C(C)C)N(C)C1=O. The molecule has 12 nitrogen and oxygen atoms in total. The number of carbonyl (C=O) groups excluding carboxylic acids is 6. The van der Waals surface area contributed by atoms with Crippen LogP contribution in [0.4, 0.5) is 0 Å². The number of rotatable bonds is 5. The third-order valence-electron chi connectivity index (χ3n) is 9.01. The number of esters is 1. The van der Waals surface area contributed by atoms with Crippen molar-refractivity contribution < 1.29 is 33.5 Å². The molecule has 248 valence electrons. The monoisotopic (exact) mass is 627 g/mol. The number of nitrogens with zero attached hydrogens (tertiary/aromatic N) is 3. The Morgan fingerprint density at radius 3 is 2.20 bits per heavy atom. The Morgan fingerprint density at radius 2 is 1.58 bits per heavy atom. The molecule has 2 aliphatic heterocycles. The van der Waals surface area contributed by atoms with Crippen molar-refractivity contribution in [2.24, 2.45) is 11.8 Å². The van der Waals surface area contributed by atoms with E-state index in [1.807, 2.05) is 58.0 Å². The van der Waals surface area contributed by atoms with Crippen molar-refractivity contribution >= 4 is 35.5 Å². The molecule has 2 aliphatic rings. The summed E-state index contributed by atoms with van der Waals surface area (Å²) in [5.41, 5.74) is 0.780. The summed E-state index contributed by atoms with van der Waals surface area (Å²) in [6.07, 6.45) is 0.271. The lowest BCUT2D eigenvalue weighted by Crippen LogP contribution is -2.60. The van der Waals surface area contributed by atoms with Crippen LogP contribution < -0.4 is 10.6 Å². The minimum absolute atomic E-state index is 0.0619. The van der Waals surface area contributed by atoms with Crippen molar-refractivity contribution in [1.29, 1.82) is 0 Å². The molecular weight excluding hydrogens is 578 g/mol. The molecular formula is C33H49N5O7. The number of benzene rings is 1. The maximum atomic E-state index is 14.0. The van der Waals surface area contributed by atoms with E-state index in [4.69, 9.17) is 4.74 Å². The van der Waals surface area contributed by atoms with Crippen LogP contribution in [0.25, 0.3) is 0 Å². The molecule has 1 aromatic rings. The van der Waals surface area contributed by atoms with Gasteiger partial charge in [0.15, 0.2) is 6.10 Å². The van der Waals surface area contributed by atoms with E-state index < -0.39 is 65.8 Å². The van der Waals surface area contributed by atoms with Gasteiger partial charge in [0.25, 0.3) is 5.91 Å². The Hall–Kier alpha value is -3.96. The van der Waals surface area contributed by atoms with Crippen molar-refractivity contribution in [3.63, 3.8) is 0 Å². The number of likely N-dealkylation sites (N-methyl/N-ethyl adjacent to an activating group) is 2. The predicted octanol–water partition coefficient (Wildman–Crippen LogP) is 1.51. The highest BCUT2D eigenvalue weighted by molar-refractivity contribution is 5.96. The van der Waals surface area contributed by atoms with Crippen LogP contribution >= 0.6 is 0 Å². The molecule has 1 unspecified atom stereocenters. The lowest BCUT2D eigenvalue weighted by atomic mass is 9.94. The first-order chi connectivity index (χ1) is 21.3. The zero-order valence-corrected chi connectivity index (χ0v) is 27.6. The largest absolute Gasteiger partial charge is 0.452 e. The van der Waals surface area contributed by atoms with Crippen molar-refractivity contribution in [3.8, 4) is 0 Å². The molecule has 3 rings (SSSR count). The number of nitrogens with one attached hydrogen (secondary N) is 2. The first kappa shape index (κ1) is 35.5.